The fraction of sp³-hybridized carbons (Fsp3) is 0.435. The monoisotopic (exact) mass is 431 g/mol. The first-order valence-corrected chi connectivity index (χ1v) is 11.9. The molecular weight excluding hydrogens is 402 g/mol. The molecule has 1 saturated heterocycles. The number of carbonyl (C=O) groups is 1. The number of hydrogen-bond acceptors (Lipinski definition) is 5. The number of ether oxygens (including phenoxy) is 2. The molecule has 0 N–H and O–H groups in total. The van der Waals surface area contributed by atoms with Crippen molar-refractivity contribution in [3.05, 3.63) is 59.7 Å². The first-order valence-electron chi connectivity index (χ1n) is 10.1. The van der Waals surface area contributed by atoms with Crippen LogP contribution in [0.25, 0.3) is 0 Å². The Bertz CT molecular complexity index is 952. The van der Waals surface area contributed by atoms with E-state index in [4.69, 9.17) is 9.47 Å². The minimum atomic E-state index is -3.11. The van der Waals surface area contributed by atoms with Gasteiger partial charge >= 0.3 is 0 Å². The largest absolute Gasteiger partial charge is 0.497 e. The molecule has 3 rings (SSSR count). The zero-order valence-electron chi connectivity index (χ0n) is 17.7. The highest BCUT2D eigenvalue weighted by atomic mass is 32.2. The average Bonchev–Trinajstić information content (AvgIpc) is 3.10. The van der Waals surface area contributed by atoms with Crippen LogP contribution in [0.3, 0.4) is 0 Å². The summed E-state index contributed by atoms with van der Waals surface area (Å²) in [4.78, 5) is 14.6. The molecule has 2 aromatic carbocycles. The summed E-state index contributed by atoms with van der Waals surface area (Å²) in [5.41, 5.74) is 2.20. The summed E-state index contributed by atoms with van der Waals surface area (Å²) in [7, 11) is -1.52. The maximum absolute atomic E-state index is 13.0. The molecule has 2 aromatic rings. The molecule has 1 amide bonds. The van der Waals surface area contributed by atoms with Crippen molar-refractivity contribution >= 4 is 15.7 Å². The van der Waals surface area contributed by atoms with Crippen LogP contribution in [0, 0.1) is 0 Å². The van der Waals surface area contributed by atoms with E-state index in [2.05, 4.69) is 26.0 Å². The Morgan fingerprint density at radius 1 is 1.07 bits per heavy atom. The molecule has 1 aliphatic heterocycles. The smallest absolute Gasteiger partial charge is 0.261 e. The fourth-order valence-corrected chi connectivity index (χ4v) is 5.28. The summed E-state index contributed by atoms with van der Waals surface area (Å²) in [5, 5.41) is 0. The van der Waals surface area contributed by atoms with Crippen LogP contribution in [0.4, 0.5) is 0 Å². The second-order valence-electron chi connectivity index (χ2n) is 7.94. The lowest BCUT2D eigenvalue weighted by atomic mass is 10.0. The van der Waals surface area contributed by atoms with Gasteiger partial charge in [0.05, 0.1) is 18.6 Å². The quantitative estimate of drug-likeness (QED) is 0.640. The van der Waals surface area contributed by atoms with Gasteiger partial charge in [0.2, 0.25) is 0 Å². The number of sulfone groups is 1. The topological polar surface area (TPSA) is 72.9 Å². The molecule has 0 bridgehead atoms. The van der Waals surface area contributed by atoms with Crippen LogP contribution >= 0.6 is 0 Å². The van der Waals surface area contributed by atoms with Gasteiger partial charge in [-0.2, -0.15) is 0 Å². The van der Waals surface area contributed by atoms with Gasteiger partial charge in [-0.05, 0) is 47.7 Å². The SMILES string of the molecule is COc1ccc(OCC(=O)N(Cc2ccc(C(C)C)cc2)C2CCS(=O)(=O)C2)cc1. The van der Waals surface area contributed by atoms with E-state index in [0.29, 0.717) is 30.4 Å². The predicted octanol–water partition coefficient (Wildman–Crippen LogP) is 3.41. The zero-order valence-corrected chi connectivity index (χ0v) is 18.5. The highest BCUT2D eigenvalue weighted by Gasteiger charge is 2.34. The Labute approximate surface area is 178 Å². The summed E-state index contributed by atoms with van der Waals surface area (Å²) in [5.74, 6) is 1.59. The number of benzene rings is 2. The second kappa shape index (κ2) is 9.51. The molecule has 1 aliphatic rings. The third-order valence-corrected chi connectivity index (χ3v) is 7.14. The number of nitrogens with zero attached hydrogens (tertiary/aromatic N) is 1. The van der Waals surface area contributed by atoms with Crippen molar-refractivity contribution in [3.63, 3.8) is 0 Å². The Hall–Kier alpha value is -2.54. The van der Waals surface area contributed by atoms with Gasteiger partial charge in [0.1, 0.15) is 11.5 Å². The van der Waals surface area contributed by atoms with Crippen LogP contribution in [0.2, 0.25) is 0 Å². The van der Waals surface area contributed by atoms with E-state index < -0.39 is 9.84 Å². The lowest BCUT2D eigenvalue weighted by molar-refractivity contribution is -0.136. The molecular formula is C23H29NO5S. The molecule has 0 aliphatic carbocycles. The number of rotatable bonds is 8. The third-order valence-electron chi connectivity index (χ3n) is 5.39. The van der Waals surface area contributed by atoms with Gasteiger partial charge in [0, 0.05) is 12.6 Å². The van der Waals surface area contributed by atoms with Crippen molar-refractivity contribution in [1.82, 2.24) is 4.90 Å². The van der Waals surface area contributed by atoms with Crippen molar-refractivity contribution in [2.75, 3.05) is 25.2 Å². The van der Waals surface area contributed by atoms with E-state index in [-0.39, 0.29) is 30.1 Å². The Kier molecular flexibility index (Phi) is 7.02. The molecule has 0 spiro atoms. The maximum atomic E-state index is 13.0. The van der Waals surface area contributed by atoms with Gasteiger partial charge in [-0.25, -0.2) is 8.42 Å². The van der Waals surface area contributed by atoms with Gasteiger partial charge in [0.25, 0.3) is 5.91 Å². The number of amides is 1. The Morgan fingerprint density at radius 3 is 2.23 bits per heavy atom. The molecule has 6 nitrogen and oxygen atoms in total. The Morgan fingerprint density at radius 2 is 1.70 bits per heavy atom. The van der Waals surface area contributed by atoms with E-state index in [0.717, 1.165) is 5.56 Å². The van der Waals surface area contributed by atoms with E-state index >= 15 is 0 Å². The third kappa shape index (κ3) is 5.75. The Balaban J connectivity index is 1.72. The van der Waals surface area contributed by atoms with Crippen molar-refractivity contribution in [2.45, 2.75) is 38.8 Å². The number of hydrogen-bond donors (Lipinski definition) is 0. The maximum Gasteiger partial charge on any atom is 0.261 e. The van der Waals surface area contributed by atoms with E-state index in [1.54, 1.807) is 36.3 Å². The fourth-order valence-electron chi connectivity index (χ4n) is 3.55. The van der Waals surface area contributed by atoms with Gasteiger partial charge in [-0.1, -0.05) is 38.1 Å². The van der Waals surface area contributed by atoms with E-state index in [1.165, 1.54) is 5.56 Å². The summed E-state index contributed by atoms with van der Waals surface area (Å²) in [6.07, 6.45) is 0.459. The zero-order chi connectivity index (χ0) is 21.7. The van der Waals surface area contributed by atoms with Crippen LogP contribution in [0.1, 0.15) is 37.3 Å². The van der Waals surface area contributed by atoms with Crippen molar-refractivity contribution < 1.29 is 22.7 Å². The average molecular weight is 432 g/mol. The molecule has 162 valence electrons. The molecule has 30 heavy (non-hydrogen) atoms. The molecule has 1 fully saturated rings. The van der Waals surface area contributed by atoms with Crippen molar-refractivity contribution in [1.29, 1.82) is 0 Å². The molecule has 7 heteroatoms. The van der Waals surface area contributed by atoms with Gasteiger partial charge in [-0.15, -0.1) is 0 Å². The summed E-state index contributed by atoms with van der Waals surface area (Å²) >= 11 is 0. The van der Waals surface area contributed by atoms with Gasteiger partial charge in [-0.3, -0.25) is 4.79 Å². The van der Waals surface area contributed by atoms with E-state index in [9.17, 15) is 13.2 Å². The van der Waals surface area contributed by atoms with Crippen LogP contribution in [0.15, 0.2) is 48.5 Å². The van der Waals surface area contributed by atoms with Crippen LogP contribution < -0.4 is 9.47 Å². The van der Waals surface area contributed by atoms with Crippen molar-refractivity contribution in [3.8, 4) is 11.5 Å². The summed E-state index contributed by atoms with van der Waals surface area (Å²) < 4.78 is 34.8. The second-order valence-corrected chi connectivity index (χ2v) is 10.2. The summed E-state index contributed by atoms with van der Waals surface area (Å²) in [6.45, 7) is 4.48. The lowest BCUT2D eigenvalue weighted by Gasteiger charge is -2.28. The highest BCUT2D eigenvalue weighted by molar-refractivity contribution is 7.91. The standard InChI is InChI=1S/C23H29NO5S/c1-17(2)19-6-4-18(5-7-19)14-24(20-12-13-30(26,27)16-20)23(25)15-29-22-10-8-21(28-3)9-11-22/h4-11,17,20H,12-16H2,1-3H3. The summed E-state index contributed by atoms with van der Waals surface area (Å²) in [6, 6.07) is 14.8. The van der Waals surface area contributed by atoms with Crippen LogP contribution in [-0.4, -0.2) is 50.5 Å². The molecule has 0 aromatic heterocycles. The molecule has 1 atom stereocenters. The first-order chi connectivity index (χ1) is 14.3. The number of carbonyl (C=O) groups excluding carboxylic acids is 1. The highest BCUT2D eigenvalue weighted by Crippen LogP contribution is 2.23. The minimum absolute atomic E-state index is 0.00531. The van der Waals surface area contributed by atoms with Crippen LogP contribution in [0.5, 0.6) is 11.5 Å². The predicted molar refractivity (Wildman–Crippen MR) is 117 cm³/mol. The van der Waals surface area contributed by atoms with Gasteiger partial charge in [0.15, 0.2) is 16.4 Å². The van der Waals surface area contributed by atoms with Crippen LogP contribution in [-0.2, 0) is 21.2 Å². The number of methoxy groups -OCH3 is 1. The van der Waals surface area contributed by atoms with Crippen molar-refractivity contribution in [2.24, 2.45) is 0 Å². The van der Waals surface area contributed by atoms with Gasteiger partial charge < -0.3 is 14.4 Å². The first kappa shape index (κ1) is 22.2. The normalized spacial score (nSPS) is 17.7. The molecule has 1 heterocycles. The molecule has 1 unspecified atom stereocenters. The minimum Gasteiger partial charge on any atom is -0.497 e. The van der Waals surface area contributed by atoms with E-state index in [1.807, 2.05) is 12.1 Å². The lowest BCUT2D eigenvalue weighted by Crippen LogP contribution is -2.43. The molecule has 0 radical (unpaired) electrons. The molecule has 0 saturated carbocycles.